The molecule has 3 unspecified atom stereocenters. The number of ether oxygens (including phenoxy) is 2. The van der Waals surface area contributed by atoms with Crippen molar-refractivity contribution >= 4 is 24.1 Å². The van der Waals surface area contributed by atoms with Gasteiger partial charge in [-0.15, -0.1) is 0 Å². The van der Waals surface area contributed by atoms with Gasteiger partial charge in [-0.25, -0.2) is 0 Å². The summed E-state index contributed by atoms with van der Waals surface area (Å²) in [5, 5.41) is 0. The number of amides is 1. The SMILES string of the molecule is CCC(C)C=O.CCC1CC(C)N1C(C)=O.CCCCC.CCCCCCCCOC(=O)CC(CC)CC(=O)OCCCCCCCC. The minimum Gasteiger partial charge on any atom is -0.466 e. The third-order valence-electron chi connectivity index (χ3n) is 8.91. The van der Waals surface area contributed by atoms with Crippen molar-refractivity contribution in [2.24, 2.45) is 11.8 Å². The Balaban J connectivity index is -0.000000771. The van der Waals surface area contributed by atoms with Crippen molar-refractivity contribution in [2.45, 2.75) is 216 Å². The highest BCUT2D eigenvalue weighted by molar-refractivity contribution is 5.75. The number of rotatable bonds is 24. The Morgan fingerprint density at radius 3 is 1.33 bits per heavy atom. The molecule has 48 heavy (non-hydrogen) atoms. The third-order valence-corrected chi connectivity index (χ3v) is 8.91. The molecule has 0 radical (unpaired) electrons. The second kappa shape index (κ2) is 37.9. The normalized spacial score (nSPS) is 15.4. The zero-order valence-corrected chi connectivity index (χ0v) is 33.5. The number of aldehydes is 1. The molecule has 0 aliphatic carbocycles. The van der Waals surface area contributed by atoms with Gasteiger partial charge in [-0.1, -0.05) is 145 Å². The number of nitrogens with zero attached hydrogens (tertiary/aromatic N) is 1. The van der Waals surface area contributed by atoms with Crippen LogP contribution in [0.4, 0.5) is 0 Å². The maximum Gasteiger partial charge on any atom is 0.306 e. The third kappa shape index (κ3) is 32.6. The van der Waals surface area contributed by atoms with E-state index in [-0.39, 0.29) is 29.7 Å². The van der Waals surface area contributed by atoms with Crippen LogP contribution in [0.2, 0.25) is 0 Å². The zero-order chi connectivity index (χ0) is 37.0. The molecule has 0 N–H and O–H groups in total. The minimum atomic E-state index is -0.181. The number of carbonyl (C=O) groups is 4. The molecule has 1 rings (SSSR count). The van der Waals surface area contributed by atoms with Crippen molar-refractivity contribution in [1.82, 2.24) is 4.90 Å². The van der Waals surface area contributed by atoms with E-state index in [1.54, 1.807) is 6.92 Å². The predicted octanol–water partition coefficient (Wildman–Crippen LogP) is 11.4. The van der Waals surface area contributed by atoms with Crippen LogP contribution in [-0.2, 0) is 28.7 Å². The standard InChI is InChI=1S/C23H44O4.C8H15NO.C5H10O.C5H12/c1-4-7-9-11-13-15-17-26-22(24)19-21(6-3)20-23(25)27-18-16-14-12-10-8-5-2;1-4-8-5-6(2)9(8)7(3)10;1-3-5(2)4-6;1-3-5-4-2/h21H,4-20H2,1-3H3;6,8H,4-5H2,1-3H3;4-5H,3H2,1-2H3;3-5H2,1-2H3. The lowest BCUT2D eigenvalue weighted by molar-refractivity contribution is -0.148. The first-order valence-electron chi connectivity index (χ1n) is 20.1. The summed E-state index contributed by atoms with van der Waals surface area (Å²) in [5.74, 6) is 0.146. The highest BCUT2D eigenvalue weighted by Crippen LogP contribution is 2.27. The number of likely N-dealkylation sites (tertiary alicyclic amines) is 1. The van der Waals surface area contributed by atoms with Gasteiger partial charge in [0.05, 0.1) is 13.2 Å². The maximum absolute atomic E-state index is 11.9. The van der Waals surface area contributed by atoms with Crippen LogP contribution < -0.4 is 0 Å². The molecule has 1 aliphatic rings. The van der Waals surface area contributed by atoms with Crippen LogP contribution in [0.1, 0.15) is 204 Å². The summed E-state index contributed by atoms with van der Waals surface area (Å²) >= 11 is 0. The van der Waals surface area contributed by atoms with Gasteiger partial charge in [0.25, 0.3) is 0 Å². The average molecular weight is 684 g/mol. The van der Waals surface area contributed by atoms with Crippen molar-refractivity contribution in [3.63, 3.8) is 0 Å². The first-order valence-corrected chi connectivity index (χ1v) is 20.1. The summed E-state index contributed by atoms with van der Waals surface area (Å²) in [4.78, 5) is 46.5. The lowest BCUT2D eigenvalue weighted by Crippen LogP contribution is -2.56. The van der Waals surface area contributed by atoms with E-state index in [1.807, 2.05) is 25.7 Å². The first kappa shape index (κ1) is 50.5. The predicted molar refractivity (Wildman–Crippen MR) is 203 cm³/mol. The van der Waals surface area contributed by atoms with Gasteiger partial charge in [-0.2, -0.15) is 0 Å². The van der Waals surface area contributed by atoms with Crippen molar-refractivity contribution < 1.29 is 28.7 Å². The minimum absolute atomic E-state index is 0.0270. The van der Waals surface area contributed by atoms with Gasteiger partial charge in [0, 0.05) is 37.8 Å². The number of carbonyl (C=O) groups excluding carboxylic acids is 4. The molecule has 1 heterocycles. The molecule has 0 aromatic heterocycles. The van der Waals surface area contributed by atoms with Crippen molar-refractivity contribution in [3.8, 4) is 0 Å². The fourth-order valence-corrected chi connectivity index (χ4v) is 5.31. The van der Waals surface area contributed by atoms with Crippen LogP contribution in [0.3, 0.4) is 0 Å². The summed E-state index contributed by atoms with van der Waals surface area (Å²) in [6, 6.07) is 1.02. The topological polar surface area (TPSA) is 90.0 Å². The van der Waals surface area contributed by atoms with Gasteiger partial charge in [0.2, 0.25) is 5.91 Å². The average Bonchev–Trinajstić information content (AvgIpc) is 3.06. The number of hydrogen-bond donors (Lipinski definition) is 0. The van der Waals surface area contributed by atoms with Crippen molar-refractivity contribution in [1.29, 1.82) is 0 Å². The van der Waals surface area contributed by atoms with E-state index in [1.165, 1.54) is 77.0 Å². The Hall–Kier alpha value is -1.92. The molecule has 0 saturated carbocycles. The molecule has 1 aliphatic heterocycles. The van der Waals surface area contributed by atoms with E-state index in [9.17, 15) is 19.2 Å². The van der Waals surface area contributed by atoms with E-state index in [0.29, 0.717) is 38.1 Å². The lowest BCUT2D eigenvalue weighted by atomic mass is 9.92. The number of esters is 2. The molecule has 0 spiro atoms. The molecule has 0 aromatic carbocycles. The summed E-state index contributed by atoms with van der Waals surface area (Å²) < 4.78 is 10.6. The Morgan fingerprint density at radius 2 is 1.08 bits per heavy atom. The molecular formula is C41H81NO6. The molecule has 0 bridgehead atoms. The van der Waals surface area contributed by atoms with Crippen LogP contribution in [0.15, 0.2) is 0 Å². The van der Waals surface area contributed by atoms with Gasteiger partial charge in [-0.3, -0.25) is 14.4 Å². The van der Waals surface area contributed by atoms with Gasteiger partial charge >= 0.3 is 11.9 Å². The van der Waals surface area contributed by atoms with Crippen molar-refractivity contribution in [2.75, 3.05) is 13.2 Å². The first-order chi connectivity index (χ1) is 23.0. The monoisotopic (exact) mass is 684 g/mol. The molecular weight excluding hydrogens is 602 g/mol. The van der Waals surface area contributed by atoms with E-state index in [2.05, 4.69) is 41.5 Å². The second-order valence-electron chi connectivity index (χ2n) is 13.6. The highest BCUT2D eigenvalue weighted by Gasteiger charge is 2.35. The number of hydrogen-bond acceptors (Lipinski definition) is 6. The number of unbranched alkanes of at least 4 members (excludes halogenated alkanes) is 12. The van der Waals surface area contributed by atoms with Crippen LogP contribution in [-0.4, -0.2) is 54.3 Å². The van der Waals surface area contributed by atoms with Crippen LogP contribution in [0.25, 0.3) is 0 Å². The quantitative estimate of drug-likeness (QED) is 0.0571. The van der Waals surface area contributed by atoms with Crippen LogP contribution >= 0.6 is 0 Å². The maximum atomic E-state index is 11.9. The largest absolute Gasteiger partial charge is 0.466 e. The molecule has 286 valence electrons. The molecule has 0 aromatic rings. The fraction of sp³-hybridized carbons (Fsp3) is 0.902. The van der Waals surface area contributed by atoms with E-state index in [4.69, 9.17) is 9.47 Å². The van der Waals surface area contributed by atoms with Crippen LogP contribution in [0, 0.1) is 11.8 Å². The molecule has 7 heteroatoms. The van der Waals surface area contributed by atoms with Gasteiger partial charge < -0.3 is 19.2 Å². The fourth-order valence-electron chi connectivity index (χ4n) is 5.31. The Kier molecular flexibility index (Phi) is 39.8. The molecule has 3 atom stereocenters. The Bertz CT molecular complexity index is 708. The zero-order valence-electron chi connectivity index (χ0n) is 33.5. The molecule has 1 saturated heterocycles. The smallest absolute Gasteiger partial charge is 0.306 e. The Labute approximate surface area is 298 Å². The second-order valence-corrected chi connectivity index (χ2v) is 13.6. The summed E-state index contributed by atoms with van der Waals surface area (Å²) in [5.41, 5.74) is 0. The van der Waals surface area contributed by atoms with E-state index in [0.717, 1.165) is 51.2 Å². The summed E-state index contributed by atoms with van der Waals surface area (Å²) in [6.45, 7) is 21.6. The molecule has 7 nitrogen and oxygen atoms in total. The van der Waals surface area contributed by atoms with E-state index >= 15 is 0 Å². The van der Waals surface area contributed by atoms with Crippen LogP contribution in [0.5, 0.6) is 0 Å². The van der Waals surface area contributed by atoms with Gasteiger partial charge in [-0.05, 0) is 44.9 Å². The molecule has 1 amide bonds. The Morgan fingerprint density at radius 1 is 0.667 bits per heavy atom. The lowest BCUT2D eigenvalue weighted by Gasteiger charge is -2.46. The molecule has 1 fully saturated rings. The van der Waals surface area contributed by atoms with Gasteiger partial charge in [0.15, 0.2) is 0 Å². The summed E-state index contributed by atoms with van der Waals surface area (Å²) in [6.07, 6.45) is 23.9. The van der Waals surface area contributed by atoms with Gasteiger partial charge in [0.1, 0.15) is 6.29 Å². The van der Waals surface area contributed by atoms with E-state index < -0.39 is 0 Å². The summed E-state index contributed by atoms with van der Waals surface area (Å²) in [7, 11) is 0. The highest BCUT2D eigenvalue weighted by atomic mass is 16.5. The van der Waals surface area contributed by atoms with Crippen molar-refractivity contribution in [3.05, 3.63) is 0 Å².